The molecule has 0 bridgehead atoms. The quantitative estimate of drug-likeness (QED) is 0.348. The van der Waals surface area contributed by atoms with Crippen LogP contribution in [0.15, 0.2) is 17.1 Å². The summed E-state index contributed by atoms with van der Waals surface area (Å²) in [5, 5.41) is 4.75. The van der Waals surface area contributed by atoms with Crippen molar-refractivity contribution < 1.29 is 9.47 Å². The standard InChI is InChI=1S/C21H27IN6O3/c1-3-5-8-31-21-15(11-14(22)12-23-21)19-25-20(29)18-16(13-27-6-9-30-10-7-27)24-17(4-2)28(18)26-19/h11-12H,3-10,13H2,1-2H3,(H,25,26,29). The number of aromatic nitrogens is 5. The Morgan fingerprint density at radius 3 is 2.84 bits per heavy atom. The lowest BCUT2D eigenvalue weighted by atomic mass is 10.2. The molecule has 3 aromatic rings. The number of hydrogen-bond donors (Lipinski definition) is 1. The van der Waals surface area contributed by atoms with Crippen molar-refractivity contribution in [2.24, 2.45) is 0 Å². The number of imidazole rings is 1. The van der Waals surface area contributed by atoms with Gasteiger partial charge in [0.2, 0.25) is 5.88 Å². The van der Waals surface area contributed by atoms with Gasteiger partial charge >= 0.3 is 0 Å². The van der Waals surface area contributed by atoms with E-state index in [-0.39, 0.29) is 5.56 Å². The number of halogens is 1. The number of nitrogens with zero attached hydrogens (tertiary/aromatic N) is 5. The molecule has 0 unspecified atom stereocenters. The summed E-state index contributed by atoms with van der Waals surface area (Å²) >= 11 is 2.20. The Bertz CT molecular complexity index is 1110. The molecule has 10 heteroatoms. The van der Waals surface area contributed by atoms with E-state index in [4.69, 9.17) is 19.6 Å². The van der Waals surface area contributed by atoms with E-state index in [1.165, 1.54) is 0 Å². The van der Waals surface area contributed by atoms with Gasteiger partial charge in [-0.25, -0.2) is 14.5 Å². The molecule has 1 saturated heterocycles. The van der Waals surface area contributed by atoms with Crippen molar-refractivity contribution in [2.45, 2.75) is 39.7 Å². The van der Waals surface area contributed by atoms with E-state index in [1.807, 2.05) is 13.0 Å². The molecule has 3 aromatic heterocycles. The number of rotatable bonds is 8. The fraction of sp³-hybridized carbons (Fsp3) is 0.524. The van der Waals surface area contributed by atoms with E-state index >= 15 is 0 Å². The third-order valence-electron chi connectivity index (χ3n) is 5.24. The van der Waals surface area contributed by atoms with Crippen LogP contribution in [-0.2, 0) is 17.7 Å². The number of hydrogen-bond acceptors (Lipinski definition) is 7. The first-order valence-corrected chi connectivity index (χ1v) is 11.8. The second kappa shape index (κ2) is 10.0. The largest absolute Gasteiger partial charge is 0.477 e. The molecule has 0 amide bonds. The maximum Gasteiger partial charge on any atom is 0.277 e. The fourth-order valence-electron chi connectivity index (χ4n) is 3.59. The number of ether oxygens (including phenoxy) is 2. The third-order valence-corrected chi connectivity index (χ3v) is 5.83. The van der Waals surface area contributed by atoms with Crippen LogP contribution in [-0.4, -0.2) is 62.4 Å². The highest BCUT2D eigenvalue weighted by atomic mass is 127. The summed E-state index contributed by atoms with van der Waals surface area (Å²) in [6, 6.07) is 1.93. The smallest absolute Gasteiger partial charge is 0.277 e. The van der Waals surface area contributed by atoms with Crippen LogP contribution in [0.5, 0.6) is 5.88 Å². The van der Waals surface area contributed by atoms with Gasteiger partial charge in [0.15, 0.2) is 11.3 Å². The van der Waals surface area contributed by atoms with Gasteiger partial charge in [0, 0.05) is 35.8 Å². The molecule has 166 valence electrons. The van der Waals surface area contributed by atoms with Gasteiger partial charge < -0.3 is 14.5 Å². The summed E-state index contributed by atoms with van der Waals surface area (Å²) < 4.78 is 13.9. The van der Waals surface area contributed by atoms with E-state index in [2.05, 4.69) is 44.4 Å². The Balaban J connectivity index is 1.76. The molecule has 0 spiro atoms. The number of aryl methyl sites for hydroxylation is 1. The Hall–Kier alpha value is -2.05. The van der Waals surface area contributed by atoms with Crippen molar-refractivity contribution in [2.75, 3.05) is 32.9 Å². The number of pyridine rings is 1. The van der Waals surface area contributed by atoms with Crippen LogP contribution in [0.1, 0.15) is 38.2 Å². The van der Waals surface area contributed by atoms with Gasteiger partial charge in [0.25, 0.3) is 5.56 Å². The molecule has 4 heterocycles. The normalized spacial score (nSPS) is 14.9. The van der Waals surface area contributed by atoms with E-state index < -0.39 is 0 Å². The van der Waals surface area contributed by atoms with Crippen LogP contribution in [0.4, 0.5) is 0 Å². The molecule has 1 N–H and O–H groups in total. The van der Waals surface area contributed by atoms with Crippen molar-refractivity contribution >= 4 is 28.1 Å². The first-order chi connectivity index (χ1) is 15.1. The van der Waals surface area contributed by atoms with Gasteiger partial charge in [-0.2, -0.15) is 0 Å². The minimum absolute atomic E-state index is 0.209. The van der Waals surface area contributed by atoms with Crippen LogP contribution < -0.4 is 10.3 Å². The second-order valence-electron chi connectivity index (χ2n) is 7.49. The van der Waals surface area contributed by atoms with Gasteiger partial charge in [0.05, 0.1) is 31.1 Å². The highest BCUT2D eigenvalue weighted by Gasteiger charge is 2.21. The Morgan fingerprint density at radius 2 is 2.10 bits per heavy atom. The van der Waals surface area contributed by atoms with Crippen LogP contribution in [0, 0.1) is 3.57 Å². The zero-order valence-electron chi connectivity index (χ0n) is 17.9. The van der Waals surface area contributed by atoms with Gasteiger partial charge in [-0.3, -0.25) is 9.69 Å². The molecule has 1 fully saturated rings. The average Bonchev–Trinajstić information content (AvgIpc) is 3.13. The van der Waals surface area contributed by atoms with Crippen molar-refractivity contribution in [3.05, 3.63) is 37.7 Å². The van der Waals surface area contributed by atoms with E-state index in [1.54, 1.807) is 10.7 Å². The summed E-state index contributed by atoms with van der Waals surface area (Å²) in [6.07, 6.45) is 4.38. The number of H-pyrrole nitrogens is 1. The highest BCUT2D eigenvalue weighted by molar-refractivity contribution is 14.1. The zero-order valence-corrected chi connectivity index (χ0v) is 20.0. The predicted molar refractivity (Wildman–Crippen MR) is 125 cm³/mol. The monoisotopic (exact) mass is 538 g/mol. The SMILES string of the molecule is CCCCOc1ncc(I)cc1-c1nn2c(CC)nc(CN3CCOCC3)c2c(=O)[nH]1. The molecule has 0 atom stereocenters. The summed E-state index contributed by atoms with van der Waals surface area (Å²) in [5.74, 6) is 1.67. The van der Waals surface area contributed by atoms with Gasteiger partial charge in [-0.05, 0) is 35.1 Å². The molecule has 0 aliphatic carbocycles. The van der Waals surface area contributed by atoms with Crippen LogP contribution in [0.3, 0.4) is 0 Å². The lowest BCUT2D eigenvalue weighted by Gasteiger charge is -2.25. The van der Waals surface area contributed by atoms with Gasteiger partial charge in [-0.1, -0.05) is 20.3 Å². The predicted octanol–water partition coefficient (Wildman–Crippen LogP) is 2.66. The van der Waals surface area contributed by atoms with Crippen molar-refractivity contribution in [1.29, 1.82) is 0 Å². The molecule has 1 aliphatic heterocycles. The lowest BCUT2D eigenvalue weighted by molar-refractivity contribution is 0.0338. The van der Waals surface area contributed by atoms with Gasteiger partial charge in [0.1, 0.15) is 5.82 Å². The Kier molecular flexibility index (Phi) is 7.18. The van der Waals surface area contributed by atoms with E-state index in [0.717, 1.165) is 41.0 Å². The van der Waals surface area contributed by atoms with Crippen molar-refractivity contribution in [3.8, 4) is 17.3 Å². The zero-order chi connectivity index (χ0) is 21.8. The number of morpholine rings is 1. The molecule has 0 radical (unpaired) electrons. The minimum Gasteiger partial charge on any atom is -0.477 e. The van der Waals surface area contributed by atoms with Crippen LogP contribution >= 0.6 is 22.6 Å². The maximum absolute atomic E-state index is 13.2. The van der Waals surface area contributed by atoms with E-state index in [9.17, 15) is 4.79 Å². The molecule has 0 aromatic carbocycles. The molecule has 1 aliphatic rings. The van der Waals surface area contributed by atoms with Crippen molar-refractivity contribution in [1.82, 2.24) is 29.5 Å². The summed E-state index contributed by atoms with van der Waals surface area (Å²) in [6.45, 7) is 8.36. The van der Waals surface area contributed by atoms with Gasteiger partial charge in [-0.15, -0.1) is 5.10 Å². The number of nitrogens with one attached hydrogen (secondary N) is 1. The average molecular weight is 538 g/mol. The third kappa shape index (κ3) is 4.90. The minimum atomic E-state index is -0.209. The Morgan fingerprint density at radius 1 is 1.29 bits per heavy atom. The molecule has 9 nitrogen and oxygen atoms in total. The molecule has 0 saturated carbocycles. The molecule has 31 heavy (non-hydrogen) atoms. The first-order valence-electron chi connectivity index (χ1n) is 10.7. The molecular weight excluding hydrogens is 511 g/mol. The lowest BCUT2D eigenvalue weighted by Crippen LogP contribution is -2.36. The molecule has 4 rings (SSSR count). The first kappa shape index (κ1) is 22.2. The van der Waals surface area contributed by atoms with Crippen molar-refractivity contribution in [3.63, 3.8) is 0 Å². The van der Waals surface area contributed by atoms with E-state index in [0.29, 0.717) is 55.6 Å². The maximum atomic E-state index is 13.2. The number of fused-ring (bicyclic) bond motifs is 1. The summed E-state index contributed by atoms with van der Waals surface area (Å²) in [4.78, 5) is 27.5. The topological polar surface area (TPSA) is 97.6 Å². The number of unbranched alkanes of at least 4 members (excludes halogenated alkanes) is 1. The fourth-order valence-corrected chi connectivity index (χ4v) is 4.04. The summed E-state index contributed by atoms with van der Waals surface area (Å²) in [5.41, 5.74) is 1.71. The van der Waals surface area contributed by atoms with Crippen LogP contribution in [0.25, 0.3) is 16.9 Å². The number of aromatic amines is 1. The van der Waals surface area contributed by atoms with Crippen LogP contribution in [0.2, 0.25) is 0 Å². The molecular formula is C21H27IN6O3. The highest BCUT2D eigenvalue weighted by Crippen LogP contribution is 2.27. The Labute approximate surface area is 194 Å². The summed E-state index contributed by atoms with van der Waals surface area (Å²) in [7, 11) is 0. The second-order valence-corrected chi connectivity index (χ2v) is 8.73.